The topological polar surface area (TPSA) is 67.6 Å². The first-order valence-corrected chi connectivity index (χ1v) is 11.5. The quantitative estimate of drug-likeness (QED) is 0.377. The van der Waals surface area contributed by atoms with E-state index in [0.29, 0.717) is 39.3 Å². The second kappa shape index (κ2) is 9.46. The van der Waals surface area contributed by atoms with Gasteiger partial charge in [0.2, 0.25) is 0 Å². The second-order valence-electron chi connectivity index (χ2n) is 9.01. The van der Waals surface area contributed by atoms with E-state index in [1.54, 1.807) is 36.4 Å². The summed E-state index contributed by atoms with van der Waals surface area (Å²) < 4.78 is 34.3. The molecule has 35 heavy (non-hydrogen) atoms. The van der Waals surface area contributed by atoms with E-state index in [9.17, 15) is 18.9 Å². The molecule has 5 rings (SSSR count). The summed E-state index contributed by atoms with van der Waals surface area (Å²) in [5, 5.41) is 15.3. The molecule has 0 unspecified atom stereocenters. The molecule has 0 bridgehead atoms. The number of benzene rings is 3. The van der Waals surface area contributed by atoms with E-state index >= 15 is 0 Å². The monoisotopic (exact) mass is 477 g/mol. The fourth-order valence-electron chi connectivity index (χ4n) is 4.70. The molecule has 1 N–H and O–H groups in total. The summed E-state index contributed by atoms with van der Waals surface area (Å²) in [6.07, 6.45) is 3.58. The van der Waals surface area contributed by atoms with E-state index < -0.39 is 16.6 Å². The Labute approximate surface area is 202 Å². The predicted octanol–water partition coefficient (Wildman–Crippen LogP) is 5.86. The smallest absolute Gasteiger partial charge is 0.292 e. The summed E-state index contributed by atoms with van der Waals surface area (Å²) >= 11 is 0. The Bertz CT molecular complexity index is 1320. The summed E-state index contributed by atoms with van der Waals surface area (Å²) in [6.45, 7) is 1.83. The first-order chi connectivity index (χ1) is 16.9. The minimum atomic E-state index is -0.463. The SMILES string of the molecule is CN1CCC(Nc2ccc(/C=C3/c4ccc(F)cc4OCc4c(F)cccc43)cc2[N+](=O)[O-])CC1. The number of nitro groups is 1. The number of nitrogens with zero attached hydrogens (tertiary/aromatic N) is 2. The number of hydrogen-bond donors (Lipinski definition) is 1. The van der Waals surface area contributed by atoms with Crippen molar-refractivity contribution in [3.05, 3.63) is 98.6 Å². The van der Waals surface area contributed by atoms with Gasteiger partial charge in [-0.2, -0.15) is 0 Å². The molecule has 0 amide bonds. The van der Waals surface area contributed by atoms with E-state index in [-0.39, 0.29) is 18.3 Å². The van der Waals surface area contributed by atoms with Gasteiger partial charge in [-0.15, -0.1) is 0 Å². The Balaban J connectivity index is 1.57. The molecule has 8 heteroatoms. The zero-order valence-corrected chi connectivity index (χ0v) is 19.3. The molecule has 3 aromatic carbocycles. The highest BCUT2D eigenvalue weighted by atomic mass is 19.1. The van der Waals surface area contributed by atoms with Crippen molar-refractivity contribution in [3.8, 4) is 5.75 Å². The maximum atomic E-state index is 14.7. The number of halogens is 2. The van der Waals surface area contributed by atoms with Gasteiger partial charge in [0, 0.05) is 29.3 Å². The lowest BCUT2D eigenvalue weighted by Crippen LogP contribution is -2.36. The number of anilines is 1. The van der Waals surface area contributed by atoms with E-state index in [4.69, 9.17) is 4.74 Å². The van der Waals surface area contributed by atoms with Gasteiger partial charge in [-0.1, -0.05) is 18.2 Å². The molecule has 0 spiro atoms. The molecule has 0 radical (unpaired) electrons. The summed E-state index contributed by atoms with van der Waals surface area (Å²) in [6, 6.07) is 14.1. The van der Waals surface area contributed by atoms with Gasteiger partial charge < -0.3 is 15.0 Å². The molecule has 180 valence electrons. The molecule has 2 heterocycles. The zero-order valence-electron chi connectivity index (χ0n) is 19.3. The van der Waals surface area contributed by atoms with Crippen LogP contribution < -0.4 is 10.1 Å². The lowest BCUT2D eigenvalue weighted by atomic mass is 9.92. The van der Waals surface area contributed by atoms with E-state index in [1.807, 2.05) is 0 Å². The van der Waals surface area contributed by atoms with Crippen LogP contribution in [0, 0.1) is 21.7 Å². The molecule has 3 aromatic rings. The van der Waals surface area contributed by atoms with Crippen molar-refractivity contribution in [1.29, 1.82) is 0 Å². The molecule has 0 aromatic heterocycles. The fourth-order valence-corrected chi connectivity index (χ4v) is 4.70. The number of nitro benzene ring substituents is 1. The minimum Gasteiger partial charge on any atom is -0.488 e. The summed E-state index contributed by atoms with van der Waals surface area (Å²) in [7, 11) is 2.07. The summed E-state index contributed by atoms with van der Waals surface area (Å²) in [5.74, 6) is -0.596. The average molecular weight is 478 g/mol. The standard InChI is InChI=1S/C27H25F2N3O3/c1-31-11-9-19(10-12-31)30-25-8-5-17(14-26(25)32(33)34)13-22-20-3-2-4-24(29)23(20)16-35-27-15-18(28)6-7-21(22)27/h2-8,13-15,19,30H,9-12,16H2,1H3/b22-13+. The predicted molar refractivity (Wildman–Crippen MR) is 131 cm³/mol. The summed E-state index contributed by atoms with van der Waals surface area (Å²) in [4.78, 5) is 13.8. The highest BCUT2D eigenvalue weighted by Crippen LogP contribution is 2.39. The lowest BCUT2D eigenvalue weighted by Gasteiger charge is -2.30. The van der Waals surface area contributed by atoms with E-state index in [0.717, 1.165) is 25.9 Å². The lowest BCUT2D eigenvalue weighted by molar-refractivity contribution is -0.384. The number of fused-ring (bicyclic) bond motifs is 2. The van der Waals surface area contributed by atoms with Crippen molar-refractivity contribution in [2.45, 2.75) is 25.5 Å². The third-order valence-corrected chi connectivity index (χ3v) is 6.62. The Hall–Kier alpha value is -3.78. The Morgan fingerprint density at radius 2 is 1.89 bits per heavy atom. The van der Waals surface area contributed by atoms with Crippen LogP contribution in [0.2, 0.25) is 0 Å². The van der Waals surface area contributed by atoms with Gasteiger partial charge in [-0.25, -0.2) is 8.78 Å². The molecule has 2 aliphatic heterocycles. The number of piperidine rings is 1. The van der Waals surface area contributed by atoms with Gasteiger partial charge in [-0.05, 0) is 80.0 Å². The molecule has 1 saturated heterocycles. The van der Waals surface area contributed by atoms with Crippen molar-refractivity contribution in [3.63, 3.8) is 0 Å². The van der Waals surface area contributed by atoms with Gasteiger partial charge in [0.05, 0.1) is 4.92 Å². The van der Waals surface area contributed by atoms with E-state index in [2.05, 4.69) is 17.3 Å². The number of nitrogens with one attached hydrogen (secondary N) is 1. The number of rotatable bonds is 4. The first kappa shape index (κ1) is 23.0. The second-order valence-corrected chi connectivity index (χ2v) is 9.01. The highest BCUT2D eigenvalue weighted by Gasteiger charge is 2.24. The van der Waals surface area contributed by atoms with Gasteiger partial charge in [0.25, 0.3) is 5.69 Å². The first-order valence-electron chi connectivity index (χ1n) is 11.5. The molecular weight excluding hydrogens is 452 g/mol. The van der Waals surface area contributed by atoms with E-state index in [1.165, 1.54) is 24.3 Å². The highest BCUT2D eigenvalue weighted by molar-refractivity contribution is 5.95. The van der Waals surface area contributed by atoms with Crippen LogP contribution >= 0.6 is 0 Å². The van der Waals surface area contributed by atoms with Crippen LogP contribution in [-0.4, -0.2) is 36.0 Å². The van der Waals surface area contributed by atoms with Crippen molar-refractivity contribution < 1.29 is 18.4 Å². The average Bonchev–Trinajstić information content (AvgIpc) is 2.99. The fraction of sp³-hybridized carbons (Fsp3) is 0.259. The normalized spacial score (nSPS) is 17.3. The third kappa shape index (κ3) is 4.74. The van der Waals surface area contributed by atoms with Gasteiger partial charge in [-0.3, -0.25) is 10.1 Å². The van der Waals surface area contributed by atoms with Crippen LogP contribution in [0.25, 0.3) is 11.6 Å². The summed E-state index contributed by atoms with van der Waals surface area (Å²) in [5.41, 5.74) is 3.18. The van der Waals surface area contributed by atoms with Crippen molar-refractivity contribution in [2.75, 3.05) is 25.5 Å². The Morgan fingerprint density at radius 1 is 1.09 bits per heavy atom. The van der Waals surface area contributed by atoms with Gasteiger partial charge in [0.15, 0.2) is 0 Å². The van der Waals surface area contributed by atoms with Crippen molar-refractivity contribution >= 4 is 23.0 Å². The van der Waals surface area contributed by atoms with Crippen molar-refractivity contribution in [2.24, 2.45) is 0 Å². The molecule has 2 aliphatic rings. The number of hydrogen-bond acceptors (Lipinski definition) is 5. The van der Waals surface area contributed by atoms with Crippen molar-refractivity contribution in [1.82, 2.24) is 4.90 Å². The molecular formula is C27H25F2N3O3. The van der Waals surface area contributed by atoms with Crippen LogP contribution in [0.1, 0.15) is 35.1 Å². The van der Waals surface area contributed by atoms with Gasteiger partial charge in [0.1, 0.15) is 29.7 Å². The number of likely N-dealkylation sites (tertiary alicyclic amines) is 1. The molecule has 0 aliphatic carbocycles. The maximum Gasteiger partial charge on any atom is 0.292 e. The largest absolute Gasteiger partial charge is 0.488 e. The van der Waals surface area contributed by atoms with Gasteiger partial charge >= 0.3 is 0 Å². The van der Waals surface area contributed by atoms with Crippen LogP contribution in [0.4, 0.5) is 20.2 Å². The van der Waals surface area contributed by atoms with Crippen LogP contribution in [0.5, 0.6) is 5.75 Å². The number of ether oxygens (including phenoxy) is 1. The van der Waals surface area contributed by atoms with Crippen LogP contribution in [-0.2, 0) is 6.61 Å². The zero-order chi connectivity index (χ0) is 24.5. The third-order valence-electron chi connectivity index (χ3n) is 6.62. The van der Waals surface area contributed by atoms with Crippen LogP contribution in [0.15, 0.2) is 54.6 Å². The minimum absolute atomic E-state index is 0.0260. The Morgan fingerprint density at radius 3 is 2.66 bits per heavy atom. The molecule has 0 atom stereocenters. The van der Waals surface area contributed by atoms with Crippen LogP contribution in [0.3, 0.4) is 0 Å². The maximum absolute atomic E-state index is 14.7. The molecule has 1 fully saturated rings. The Kier molecular flexibility index (Phi) is 6.21. The molecule has 0 saturated carbocycles. The molecule has 6 nitrogen and oxygen atoms in total.